The molecule has 0 spiro atoms. The van der Waals surface area contributed by atoms with Gasteiger partial charge in [0.2, 0.25) is 5.91 Å². The number of carbonyl (C=O) groups excluding carboxylic acids is 1. The number of anilines is 2. The van der Waals surface area contributed by atoms with Crippen LogP contribution >= 0.6 is 0 Å². The number of hydrogen-bond acceptors (Lipinski definition) is 7. The van der Waals surface area contributed by atoms with E-state index in [2.05, 4.69) is 33.6 Å². The van der Waals surface area contributed by atoms with E-state index in [-0.39, 0.29) is 12.0 Å². The third kappa shape index (κ3) is 4.64. The number of hydrogen-bond donors (Lipinski definition) is 1. The van der Waals surface area contributed by atoms with Crippen molar-refractivity contribution >= 4 is 17.5 Å². The molecule has 0 radical (unpaired) electrons. The Morgan fingerprint density at radius 1 is 1.10 bits per heavy atom. The van der Waals surface area contributed by atoms with Crippen molar-refractivity contribution in [2.75, 3.05) is 49.9 Å². The molecule has 0 unspecified atom stereocenters. The van der Waals surface area contributed by atoms with Crippen LogP contribution in [0.5, 0.6) is 6.01 Å². The fourth-order valence-corrected chi connectivity index (χ4v) is 4.26. The first-order valence-corrected chi connectivity index (χ1v) is 11.1. The van der Waals surface area contributed by atoms with Gasteiger partial charge in [0.05, 0.1) is 6.42 Å². The third-order valence-corrected chi connectivity index (χ3v) is 6.45. The van der Waals surface area contributed by atoms with Crippen LogP contribution in [0.2, 0.25) is 0 Å². The molecular formula is C21H34N6O2. The predicted octanol–water partition coefficient (Wildman–Crippen LogP) is 1.69. The quantitative estimate of drug-likeness (QED) is 0.662. The fourth-order valence-electron chi connectivity index (χ4n) is 4.26. The summed E-state index contributed by atoms with van der Waals surface area (Å²) in [6.07, 6.45) is 5.77. The summed E-state index contributed by atoms with van der Waals surface area (Å²) in [5.74, 6) is 1.10. The molecule has 4 rings (SSSR count). The lowest BCUT2D eigenvalue weighted by molar-refractivity contribution is -0.117. The van der Waals surface area contributed by atoms with Crippen molar-refractivity contribution in [2.24, 2.45) is 0 Å². The van der Waals surface area contributed by atoms with Crippen LogP contribution in [0.25, 0.3) is 0 Å². The highest BCUT2D eigenvalue weighted by Crippen LogP contribution is 2.33. The second-order valence-corrected chi connectivity index (χ2v) is 8.76. The van der Waals surface area contributed by atoms with Gasteiger partial charge < -0.3 is 15.4 Å². The van der Waals surface area contributed by atoms with Crippen molar-refractivity contribution in [3.63, 3.8) is 0 Å². The van der Waals surface area contributed by atoms with E-state index in [1.807, 2.05) is 0 Å². The molecule has 1 saturated carbocycles. The van der Waals surface area contributed by atoms with Gasteiger partial charge in [0.15, 0.2) is 0 Å². The minimum absolute atomic E-state index is 0.0624. The van der Waals surface area contributed by atoms with Gasteiger partial charge in [-0.15, -0.1) is 0 Å². The van der Waals surface area contributed by atoms with Gasteiger partial charge in [0.25, 0.3) is 0 Å². The van der Waals surface area contributed by atoms with Gasteiger partial charge in [-0.2, -0.15) is 9.97 Å². The average molecular weight is 403 g/mol. The molecule has 1 aromatic heterocycles. The summed E-state index contributed by atoms with van der Waals surface area (Å²) in [7, 11) is 0. The molecule has 8 nitrogen and oxygen atoms in total. The van der Waals surface area contributed by atoms with E-state index >= 15 is 0 Å². The third-order valence-electron chi connectivity index (χ3n) is 6.45. The zero-order valence-corrected chi connectivity index (χ0v) is 17.8. The Hall–Kier alpha value is -1.93. The molecule has 2 fully saturated rings. The first-order valence-electron chi connectivity index (χ1n) is 11.1. The number of amides is 1. The molecule has 0 bridgehead atoms. The van der Waals surface area contributed by atoms with Crippen molar-refractivity contribution in [3.8, 4) is 6.01 Å². The van der Waals surface area contributed by atoms with E-state index < -0.39 is 0 Å². The molecule has 160 valence electrons. The maximum Gasteiger partial charge on any atom is 0.320 e. The molecule has 3 heterocycles. The van der Waals surface area contributed by atoms with Crippen LogP contribution < -0.4 is 15.4 Å². The Morgan fingerprint density at radius 2 is 1.83 bits per heavy atom. The van der Waals surface area contributed by atoms with Gasteiger partial charge in [0, 0.05) is 44.3 Å². The van der Waals surface area contributed by atoms with Crippen LogP contribution in [0.3, 0.4) is 0 Å². The van der Waals surface area contributed by atoms with Crippen LogP contribution in [0, 0.1) is 0 Å². The monoisotopic (exact) mass is 402 g/mol. The molecule has 1 amide bonds. The highest BCUT2D eigenvalue weighted by atomic mass is 16.5. The van der Waals surface area contributed by atoms with Crippen molar-refractivity contribution < 1.29 is 9.53 Å². The smallest absolute Gasteiger partial charge is 0.320 e. The normalized spacial score (nSPS) is 20.9. The van der Waals surface area contributed by atoms with Gasteiger partial charge in [-0.25, -0.2) is 0 Å². The molecule has 2 N–H and O–H groups in total. The number of ether oxygens (including phenoxy) is 1. The van der Waals surface area contributed by atoms with Crippen LogP contribution in [-0.2, 0) is 11.2 Å². The molecule has 2 aliphatic heterocycles. The van der Waals surface area contributed by atoms with Crippen LogP contribution in [0.15, 0.2) is 0 Å². The van der Waals surface area contributed by atoms with Crippen LogP contribution in [0.4, 0.5) is 11.6 Å². The first kappa shape index (κ1) is 20.3. The van der Waals surface area contributed by atoms with Gasteiger partial charge >= 0.3 is 6.01 Å². The summed E-state index contributed by atoms with van der Waals surface area (Å²) in [4.78, 5) is 28.2. The SMILES string of the molecule is CC(C)N1CCN(CCCCN2C(=O)Cc3c(N)nc(OC4CCC4)nc32)CC1. The Labute approximate surface area is 173 Å². The Kier molecular flexibility index (Phi) is 6.20. The molecule has 1 aromatic rings. The minimum Gasteiger partial charge on any atom is -0.460 e. The maximum atomic E-state index is 12.5. The number of rotatable bonds is 8. The van der Waals surface area contributed by atoms with E-state index in [0.29, 0.717) is 36.7 Å². The number of nitrogens with two attached hydrogens (primary N) is 1. The first-order chi connectivity index (χ1) is 14.0. The number of unbranched alkanes of at least 4 members (excludes halogenated alkanes) is 1. The van der Waals surface area contributed by atoms with Crippen molar-refractivity contribution in [1.29, 1.82) is 0 Å². The average Bonchev–Trinajstić information content (AvgIpc) is 2.98. The van der Waals surface area contributed by atoms with Crippen molar-refractivity contribution in [1.82, 2.24) is 19.8 Å². The van der Waals surface area contributed by atoms with Gasteiger partial charge in [-0.3, -0.25) is 14.6 Å². The predicted molar refractivity (Wildman–Crippen MR) is 113 cm³/mol. The summed E-state index contributed by atoms with van der Waals surface area (Å²) in [6.45, 7) is 10.9. The Morgan fingerprint density at radius 3 is 2.48 bits per heavy atom. The number of nitrogens with zero attached hydrogens (tertiary/aromatic N) is 5. The highest BCUT2D eigenvalue weighted by Gasteiger charge is 2.32. The number of carbonyl (C=O) groups is 1. The van der Waals surface area contributed by atoms with Gasteiger partial charge in [-0.1, -0.05) is 0 Å². The van der Waals surface area contributed by atoms with Gasteiger partial charge in [0.1, 0.15) is 17.7 Å². The topological polar surface area (TPSA) is 87.8 Å². The number of aromatic nitrogens is 2. The Balaban J connectivity index is 1.28. The lowest BCUT2D eigenvalue weighted by atomic mass is 9.96. The zero-order valence-electron chi connectivity index (χ0n) is 17.8. The summed E-state index contributed by atoms with van der Waals surface area (Å²) in [6, 6.07) is 0.944. The van der Waals surface area contributed by atoms with E-state index in [0.717, 1.165) is 64.0 Å². The number of nitrogen functional groups attached to an aromatic ring is 1. The fraction of sp³-hybridized carbons (Fsp3) is 0.762. The van der Waals surface area contributed by atoms with E-state index in [1.54, 1.807) is 4.90 Å². The van der Waals surface area contributed by atoms with E-state index in [4.69, 9.17) is 10.5 Å². The summed E-state index contributed by atoms with van der Waals surface area (Å²) >= 11 is 0. The minimum atomic E-state index is 0.0624. The molecule has 1 saturated heterocycles. The standard InChI is InChI=1S/C21H34N6O2/c1-15(2)26-12-10-25(11-13-26)8-3-4-9-27-18(28)14-17-19(22)23-21(24-20(17)27)29-16-6-5-7-16/h15-16H,3-14H2,1-2H3,(H2,22,23,24). The number of fused-ring (bicyclic) bond motifs is 1. The van der Waals surface area contributed by atoms with Crippen molar-refractivity contribution in [3.05, 3.63) is 5.56 Å². The Bertz CT molecular complexity index is 728. The largest absolute Gasteiger partial charge is 0.460 e. The second kappa shape index (κ2) is 8.83. The molecule has 0 atom stereocenters. The zero-order chi connectivity index (χ0) is 20.4. The molecule has 1 aliphatic carbocycles. The van der Waals surface area contributed by atoms with Crippen LogP contribution in [0.1, 0.15) is 51.5 Å². The number of piperazine rings is 1. The highest BCUT2D eigenvalue weighted by molar-refractivity contribution is 6.01. The van der Waals surface area contributed by atoms with E-state index in [9.17, 15) is 4.79 Å². The maximum absolute atomic E-state index is 12.5. The lowest BCUT2D eigenvalue weighted by Crippen LogP contribution is -2.49. The van der Waals surface area contributed by atoms with E-state index in [1.165, 1.54) is 6.42 Å². The van der Waals surface area contributed by atoms with Gasteiger partial charge in [-0.05, 0) is 52.5 Å². The summed E-state index contributed by atoms with van der Waals surface area (Å²) in [5, 5.41) is 0. The lowest BCUT2D eigenvalue weighted by Gasteiger charge is -2.37. The second-order valence-electron chi connectivity index (χ2n) is 8.76. The molecule has 29 heavy (non-hydrogen) atoms. The molecule has 3 aliphatic rings. The molecule has 8 heteroatoms. The molecular weight excluding hydrogens is 368 g/mol. The van der Waals surface area contributed by atoms with Crippen molar-refractivity contribution in [2.45, 2.75) is 64.5 Å². The molecule has 0 aromatic carbocycles. The summed E-state index contributed by atoms with van der Waals surface area (Å²) in [5.41, 5.74) is 6.85. The summed E-state index contributed by atoms with van der Waals surface area (Å²) < 4.78 is 5.82. The van der Waals surface area contributed by atoms with Crippen LogP contribution in [-0.4, -0.2) is 77.1 Å².